The quantitative estimate of drug-likeness (QED) is 0.403. The second-order valence-electron chi connectivity index (χ2n) is 4.45. The number of nitrogens with zero attached hydrogens (tertiary/aromatic N) is 2. The Morgan fingerprint density at radius 2 is 2.05 bits per heavy atom. The van der Waals surface area contributed by atoms with E-state index in [1.165, 1.54) is 11.8 Å². The van der Waals surface area contributed by atoms with Crippen molar-refractivity contribution < 1.29 is 4.92 Å². The predicted molar refractivity (Wildman–Crippen MR) is 80.8 cm³/mol. The molecule has 1 aromatic carbocycles. The molecule has 104 valence electrons. The second-order valence-corrected chi connectivity index (χ2v) is 5.46. The molecule has 0 radical (unpaired) electrons. The summed E-state index contributed by atoms with van der Waals surface area (Å²) in [6.07, 6.45) is 1.55. The number of rotatable bonds is 4. The molecule has 1 heterocycles. The van der Waals surface area contributed by atoms with Gasteiger partial charge >= 0.3 is 0 Å². The van der Waals surface area contributed by atoms with Crippen LogP contribution in [0, 0.1) is 24.0 Å². The predicted octanol–water partition coefficient (Wildman–Crippen LogP) is 3.48. The van der Waals surface area contributed by atoms with Crippen LogP contribution in [0.2, 0.25) is 0 Å². The maximum atomic E-state index is 11.1. The molecule has 0 aliphatic rings. The van der Waals surface area contributed by atoms with E-state index in [1.807, 2.05) is 24.3 Å². The molecule has 5 nitrogen and oxygen atoms in total. The first-order valence-electron chi connectivity index (χ1n) is 6.07. The highest BCUT2D eigenvalue weighted by atomic mass is 32.2. The molecule has 0 saturated heterocycles. The van der Waals surface area contributed by atoms with E-state index in [-0.39, 0.29) is 10.6 Å². The molecule has 2 N–H and O–H groups in total. The smallest absolute Gasteiger partial charge is 0.278 e. The fourth-order valence-electron chi connectivity index (χ4n) is 1.95. The van der Waals surface area contributed by atoms with E-state index in [0.29, 0.717) is 22.6 Å². The third-order valence-corrected chi connectivity index (χ3v) is 4.14. The van der Waals surface area contributed by atoms with E-state index in [1.54, 1.807) is 20.0 Å². The zero-order valence-corrected chi connectivity index (χ0v) is 12.1. The van der Waals surface area contributed by atoms with Gasteiger partial charge in [-0.2, -0.15) is 0 Å². The highest BCUT2D eigenvalue weighted by Gasteiger charge is 2.18. The van der Waals surface area contributed by atoms with Crippen LogP contribution in [0.15, 0.2) is 35.4 Å². The lowest BCUT2D eigenvalue weighted by molar-refractivity contribution is -0.386. The number of anilines is 1. The van der Waals surface area contributed by atoms with Crippen molar-refractivity contribution in [3.63, 3.8) is 0 Å². The zero-order valence-electron chi connectivity index (χ0n) is 11.3. The Morgan fingerprint density at radius 3 is 2.70 bits per heavy atom. The summed E-state index contributed by atoms with van der Waals surface area (Å²) in [7, 11) is 0. The van der Waals surface area contributed by atoms with E-state index in [2.05, 4.69) is 4.98 Å². The molecule has 2 aromatic rings. The number of thioether (sulfide) groups is 1. The minimum atomic E-state index is -0.350. The number of para-hydroxylation sites is 1. The number of nitrogen functional groups attached to an aromatic ring is 1. The number of hydrogen-bond donors (Lipinski definition) is 1. The van der Waals surface area contributed by atoms with Crippen molar-refractivity contribution in [2.75, 3.05) is 5.73 Å². The largest absolute Gasteiger partial charge is 0.398 e. The van der Waals surface area contributed by atoms with Gasteiger partial charge in [-0.3, -0.25) is 15.1 Å². The second kappa shape index (κ2) is 5.92. The Bertz CT molecular complexity index is 659. The van der Waals surface area contributed by atoms with E-state index in [4.69, 9.17) is 5.73 Å². The maximum Gasteiger partial charge on any atom is 0.278 e. The molecule has 0 aliphatic heterocycles. The number of nitro groups is 1. The third-order valence-electron chi connectivity index (χ3n) is 3.04. The van der Waals surface area contributed by atoms with Gasteiger partial charge in [-0.15, -0.1) is 11.8 Å². The Labute approximate surface area is 121 Å². The van der Waals surface area contributed by atoms with Crippen molar-refractivity contribution in [2.24, 2.45) is 0 Å². The van der Waals surface area contributed by atoms with Gasteiger partial charge in [-0.1, -0.05) is 12.1 Å². The number of hydrogen-bond acceptors (Lipinski definition) is 5. The maximum absolute atomic E-state index is 11.1. The van der Waals surface area contributed by atoms with Crippen LogP contribution >= 0.6 is 11.8 Å². The number of nitrogens with two attached hydrogens (primary N) is 1. The van der Waals surface area contributed by atoms with Gasteiger partial charge in [-0.25, -0.2) is 0 Å². The molecule has 0 unspecified atom stereocenters. The molecule has 0 spiro atoms. The van der Waals surface area contributed by atoms with E-state index in [9.17, 15) is 10.1 Å². The summed E-state index contributed by atoms with van der Waals surface area (Å²) in [6, 6.07) is 7.55. The van der Waals surface area contributed by atoms with Crippen LogP contribution in [0.1, 0.15) is 16.8 Å². The van der Waals surface area contributed by atoms with Gasteiger partial charge in [0.2, 0.25) is 0 Å². The Kier molecular flexibility index (Phi) is 4.24. The molecule has 0 aliphatic carbocycles. The number of aryl methyl sites for hydroxylation is 1. The Hall–Kier alpha value is -2.08. The summed E-state index contributed by atoms with van der Waals surface area (Å²) in [4.78, 5) is 16.0. The molecule has 20 heavy (non-hydrogen) atoms. The SMILES string of the molecule is Cc1cnc(CSc2ccccc2N)c(C)c1[N+](=O)[O-]. The van der Waals surface area contributed by atoms with Crippen LogP contribution in [0.4, 0.5) is 11.4 Å². The molecule has 0 amide bonds. The summed E-state index contributed by atoms with van der Waals surface area (Å²) in [6.45, 7) is 3.44. The van der Waals surface area contributed by atoms with Crippen molar-refractivity contribution in [3.8, 4) is 0 Å². The summed E-state index contributed by atoms with van der Waals surface area (Å²) >= 11 is 1.53. The lowest BCUT2D eigenvalue weighted by Gasteiger charge is -2.08. The third kappa shape index (κ3) is 2.91. The fraction of sp³-hybridized carbons (Fsp3) is 0.214. The van der Waals surface area contributed by atoms with E-state index < -0.39 is 0 Å². The minimum absolute atomic E-state index is 0.150. The van der Waals surface area contributed by atoms with E-state index in [0.717, 1.165) is 10.6 Å². The lowest BCUT2D eigenvalue weighted by Crippen LogP contribution is -2.01. The highest BCUT2D eigenvalue weighted by molar-refractivity contribution is 7.98. The molecular formula is C14H15N3O2S. The average Bonchev–Trinajstić information content (AvgIpc) is 2.39. The first-order chi connectivity index (χ1) is 9.50. The van der Waals surface area contributed by atoms with Gasteiger partial charge in [0.1, 0.15) is 0 Å². The van der Waals surface area contributed by atoms with Crippen molar-refractivity contribution in [3.05, 3.63) is 57.4 Å². The molecule has 0 saturated carbocycles. The highest BCUT2D eigenvalue weighted by Crippen LogP contribution is 2.31. The van der Waals surface area contributed by atoms with Crippen LogP contribution in [-0.2, 0) is 5.75 Å². The summed E-state index contributed by atoms with van der Waals surface area (Å²) in [5.74, 6) is 0.557. The van der Waals surface area contributed by atoms with Crippen LogP contribution in [0.5, 0.6) is 0 Å². The molecule has 6 heteroatoms. The summed E-state index contributed by atoms with van der Waals surface area (Å²) in [5.41, 5.74) is 8.65. The number of benzene rings is 1. The van der Waals surface area contributed by atoms with Gasteiger partial charge in [0.25, 0.3) is 5.69 Å². The monoisotopic (exact) mass is 289 g/mol. The van der Waals surface area contributed by atoms with Crippen molar-refractivity contribution in [1.29, 1.82) is 0 Å². The van der Waals surface area contributed by atoms with Crippen LogP contribution in [0.3, 0.4) is 0 Å². The van der Waals surface area contributed by atoms with Crippen molar-refractivity contribution in [1.82, 2.24) is 4.98 Å². The average molecular weight is 289 g/mol. The van der Waals surface area contributed by atoms with Gasteiger partial charge in [0.05, 0.1) is 10.6 Å². The lowest BCUT2D eigenvalue weighted by atomic mass is 10.1. The topological polar surface area (TPSA) is 82.0 Å². The minimum Gasteiger partial charge on any atom is -0.398 e. The van der Waals surface area contributed by atoms with Crippen LogP contribution in [0.25, 0.3) is 0 Å². The molecule has 0 bridgehead atoms. The summed E-state index contributed by atoms with van der Waals surface area (Å²) in [5, 5.41) is 11.1. The number of pyridine rings is 1. The standard InChI is InChI=1S/C14H15N3O2S/c1-9-7-16-12(10(2)14(9)17(18)19)8-20-13-6-4-3-5-11(13)15/h3-7H,8,15H2,1-2H3. The zero-order chi connectivity index (χ0) is 14.7. The molecule has 2 rings (SSSR count). The van der Waals surface area contributed by atoms with Gasteiger partial charge in [0.15, 0.2) is 0 Å². The fourth-order valence-corrected chi connectivity index (χ4v) is 2.94. The first kappa shape index (κ1) is 14.3. The Balaban J connectivity index is 2.25. The van der Waals surface area contributed by atoms with Gasteiger partial charge < -0.3 is 5.73 Å². The van der Waals surface area contributed by atoms with Gasteiger partial charge in [0, 0.05) is 33.7 Å². The number of aromatic nitrogens is 1. The Morgan fingerprint density at radius 1 is 1.35 bits per heavy atom. The molecule has 1 aromatic heterocycles. The molecule has 0 atom stereocenters. The van der Waals surface area contributed by atoms with Gasteiger partial charge in [-0.05, 0) is 26.0 Å². The molecular weight excluding hydrogens is 274 g/mol. The van der Waals surface area contributed by atoms with Crippen LogP contribution < -0.4 is 5.73 Å². The summed E-state index contributed by atoms with van der Waals surface area (Å²) < 4.78 is 0. The first-order valence-corrected chi connectivity index (χ1v) is 7.06. The van der Waals surface area contributed by atoms with Crippen molar-refractivity contribution in [2.45, 2.75) is 24.5 Å². The van der Waals surface area contributed by atoms with E-state index >= 15 is 0 Å². The molecule has 0 fully saturated rings. The van der Waals surface area contributed by atoms with Crippen molar-refractivity contribution >= 4 is 23.1 Å². The van der Waals surface area contributed by atoms with Crippen LogP contribution in [-0.4, -0.2) is 9.91 Å². The normalized spacial score (nSPS) is 10.5.